The summed E-state index contributed by atoms with van der Waals surface area (Å²) in [5, 5.41) is 0. The van der Waals surface area contributed by atoms with Crippen molar-refractivity contribution in [3.05, 3.63) is 29.8 Å². The van der Waals surface area contributed by atoms with Crippen LogP contribution < -0.4 is 10.5 Å². The molecular weight excluding hydrogens is 236 g/mol. The highest BCUT2D eigenvalue weighted by atomic mass is 16.5. The number of likely N-dealkylation sites (tertiary alicyclic amines) is 1. The maximum Gasteiger partial charge on any atom is 0.119 e. The van der Waals surface area contributed by atoms with Gasteiger partial charge in [-0.3, -0.25) is 4.90 Å². The van der Waals surface area contributed by atoms with Crippen molar-refractivity contribution in [2.75, 3.05) is 13.1 Å². The zero-order chi connectivity index (χ0) is 13.1. The fourth-order valence-electron chi connectivity index (χ4n) is 3.14. The summed E-state index contributed by atoms with van der Waals surface area (Å²) in [7, 11) is 0. The van der Waals surface area contributed by atoms with Crippen molar-refractivity contribution in [3.63, 3.8) is 0 Å². The Morgan fingerprint density at radius 3 is 2.47 bits per heavy atom. The van der Waals surface area contributed by atoms with E-state index in [9.17, 15) is 0 Å². The number of hydrogen-bond acceptors (Lipinski definition) is 3. The van der Waals surface area contributed by atoms with Crippen LogP contribution in [0.5, 0.6) is 5.75 Å². The maximum absolute atomic E-state index is 5.98. The fraction of sp³-hybridized carbons (Fsp3) is 0.625. The highest BCUT2D eigenvalue weighted by molar-refractivity contribution is 5.27. The monoisotopic (exact) mass is 260 g/mol. The summed E-state index contributed by atoms with van der Waals surface area (Å²) in [6.45, 7) is 3.17. The van der Waals surface area contributed by atoms with E-state index in [1.54, 1.807) is 0 Å². The summed E-state index contributed by atoms with van der Waals surface area (Å²) >= 11 is 0. The quantitative estimate of drug-likeness (QED) is 0.904. The predicted molar refractivity (Wildman–Crippen MR) is 77.2 cm³/mol. The number of hydrogen-bond donors (Lipinski definition) is 1. The lowest BCUT2D eigenvalue weighted by molar-refractivity contribution is 0.210. The normalized spacial score (nSPS) is 25.0. The molecular formula is C16H24N2O. The summed E-state index contributed by atoms with van der Waals surface area (Å²) in [6, 6.07) is 8.97. The Kier molecular flexibility index (Phi) is 4.04. The minimum atomic E-state index is 0.366. The summed E-state index contributed by atoms with van der Waals surface area (Å²) in [5.74, 6) is 1.02. The van der Waals surface area contributed by atoms with Crippen LogP contribution in [0.3, 0.4) is 0 Å². The predicted octanol–water partition coefficient (Wildman–Crippen LogP) is 2.54. The van der Waals surface area contributed by atoms with Crippen LogP contribution in [0.1, 0.15) is 37.7 Å². The van der Waals surface area contributed by atoms with E-state index in [1.807, 2.05) is 0 Å². The summed E-state index contributed by atoms with van der Waals surface area (Å²) in [4.78, 5) is 2.43. The molecule has 2 fully saturated rings. The van der Waals surface area contributed by atoms with E-state index in [0.717, 1.165) is 31.8 Å². The molecule has 1 aliphatic heterocycles. The molecule has 2 N–H and O–H groups in total. The van der Waals surface area contributed by atoms with Gasteiger partial charge in [-0.2, -0.15) is 0 Å². The zero-order valence-corrected chi connectivity index (χ0v) is 11.6. The van der Waals surface area contributed by atoms with Gasteiger partial charge in [0.05, 0.1) is 6.10 Å². The third-order valence-electron chi connectivity index (χ3n) is 4.24. The van der Waals surface area contributed by atoms with Crippen molar-refractivity contribution in [2.24, 2.45) is 5.73 Å². The standard InChI is InChI=1S/C16H24N2O/c17-14-9-10-18(12-14)11-13-5-7-16(8-6-13)19-15-3-1-2-4-15/h5-8,14-15H,1-4,9-12,17H2. The molecule has 104 valence electrons. The molecule has 1 unspecified atom stereocenters. The molecule has 0 spiro atoms. The second kappa shape index (κ2) is 5.93. The molecule has 0 radical (unpaired) electrons. The van der Waals surface area contributed by atoms with Crippen LogP contribution in [0.2, 0.25) is 0 Å². The Morgan fingerprint density at radius 2 is 1.84 bits per heavy atom. The van der Waals surface area contributed by atoms with Gasteiger partial charge in [-0.05, 0) is 49.8 Å². The zero-order valence-electron chi connectivity index (χ0n) is 11.6. The van der Waals surface area contributed by atoms with Crippen LogP contribution >= 0.6 is 0 Å². The molecule has 1 saturated heterocycles. The van der Waals surface area contributed by atoms with Crippen molar-refractivity contribution in [1.29, 1.82) is 0 Å². The largest absolute Gasteiger partial charge is 0.490 e. The van der Waals surface area contributed by atoms with Crippen LogP contribution in [0, 0.1) is 0 Å². The molecule has 0 bridgehead atoms. The summed E-state index contributed by atoms with van der Waals surface area (Å²) in [6.07, 6.45) is 6.64. The lowest BCUT2D eigenvalue weighted by Gasteiger charge is -2.16. The van der Waals surface area contributed by atoms with E-state index >= 15 is 0 Å². The van der Waals surface area contributed by atoms with Gasteiger partial charge in [0.1, 0.15) is 5.75 Å². The number of ether oxygens (including phenoxy) is 1. The Bertz CT molecular complexity index is 398. The molecule has 1 heterocycles. The first-order valence-corrected chi connectivity index (χ1v) is 7.53. The third kappa shape index (κ3) is 3.48. The Morgan fingerprint density at radius 1 is 1.11 bits per heavy atom. The first-order chi connectivity index (χ1) is 9.29. The number of benzene rings is 1. The number of rotatable bonds is 4. The van der Waals surface area contributed by atoms with Crippen molar-refractivity contribution in [2.45, 2.75) is 50.8 Å². The molecule has 1 atom stereocenters. The molecule has 3 rings (SSSR count). The van der Waals surface area contributed by atoms with Gasteiger partial charge < -0.3 is 10.5 Å². The highest BCUT2D eigenvalue weighted by Gasteiger charge is 2.19. The van der Waals surface area contributed by atoms with Gasteiger partial charge in [-0.25, -0.2) is 0 Å². The van der Waals surface area contributed by atoms with Gasteiger partial charge in [-0.15, -0.1) is 0 Å². The van der Waals surface area contributed by atoms with E-state index in [2.05, 4.69) is 29.2 Å². The summed E-state index contributed by atoms with van der Waals surface area (Å²) in [5.41, 5.74) is 7.29. The van der Waals surface area contributed by atoms with E-state index in [1.165, 1.54) is 31.2 Å². The SMILES string of the molecule is NC1CCN(Cc2ccc(OC3CCCC3)cc2)C1. The van der Waals surface area contributed by atoms with Crippen LogP contribution in [0.4, 0.5) is 0 Å². The molecule has 2 aliphatic rings. The maximum atomic E-state index is 5.98. The molecule has 19 heavy (non-hydrogen) atoms. The van der Waals surface area contributed by atoms with Crippen molar-refractivity contribution < 1.29 is 4.74 Å². The molecule has 3 heteroatoms. The first kappa shape index (κ1) is 12.9. The topological polar surface area (TPSA) is 38.5 Å². The molecule has 1 saturated carbocycles. The average Bonchev–Trinajstić information content (AvgIpc) is 3.04. The smallest absolute Gasteiger partial charge is 0.119 e. The lowest BCUT2D eigenvalue weighted by atomic mass is 10.2. The number of nitrogens with zero attached hydrogens (tertiary/aromatic N) is 1. The Hall–Kier alpha value is -1.06. The molecule has 3 nitrogen and oxygen atoms in total. The molecule has 1 aliphatic carbocycles. The lowest BCUT2D eigenvalue weighted by Crippen LogP contribution is -2.26. The van der Waals surface area contributed by atoms with E-state index in [0.29, 0.717) is 12.1 Å². The molecule has 1 aromatic carbocycles. The minimum Gasteiger partial charge on any atom is -0.490 e. The highest BCUT2D eigenvalue weighted by Crippen LogP contribution is 2.24. The van der Waals surface area contributed by atoms with Gasteiger partial charge in [0.25, 0.3) is 0 Å². The van der Waals surface area contributed by atoms with Gasteiger partial charge >= 0.3 is 0 Å². The molecule has 0 amide bonds. The summed E-state index contributed by atoms with van der Waals surface area (Å²) < 4.78 is 5.98. The van der Waals surface area contributed by atoms with Gasteiger partial charge in [0.15, 0.2) is 0 Å². The molecule has 0 aromatic heterocycles. The minimum absolute atomic E-state index is 0.366. The first-order valence-electron chi connectivity index (χ1n) is 7.53. The van der Waals surface area contributed by atoms with Crippen LogP contribution in [-0.4, -0.2) is 30.1 Å². The van der Waals surface area contributed by atoms with Crippen LogP contribution in [-0.2, 0) is 6.54 Å². The van der Waals surface area contributed by atoms with Crippen LogP contribution in [0.15, 0.2) is 24.3 Å². The van der Waals surface area contributed by atoms with E-state index in [-0.39, 0.29) is 0 Å². The van der Waals surface area contributed by atoms with Gasteiger partial charge in [0, 0.05) is 25.7 Å². The van der Waals surface area contributed by atoms with Crippen LogP contribution in [0.25, 0.3) is 0 Å². The Labute approximate surface area is 115 Å². The second-order valence-electron chi connectivity index (χ2n) is 5.95. The van der Waals surface area contributed by atoms with Gasteiger partial charge in [0.2, 0.25) is 0 Å². The van der Waals surface area contributed by atoms with E-state index in [4.69, 9.17) is 10.5 Å². The fourth-order valence-corrected chi connectivity index (χ4v) is 3.14. The van der Waals surface area contributed by atoms with Crippen molar-refractivity contribution in [3.8, 4) is 5.75 Å². The second-order valence-corrected chi connectivity index (χ2v) is 5.95. The van der Waals surface area contributed by atoms with Gasteiger partial charge in [-0.1, -0.05) is 12.1 Å². The third-order valence-corrected chi connectivity index (χ3v) is 4.24. The van der Waals surface area contributed by atoms with Crippen molar-refractivity contribution in [1.82, 2.24) is 4.90 Å². The Balaban J connectivity index is 1.53. The van der Waals surface area contributed by atoms with Crippen molar-refractivity contribution >= 4 is 0 Å². The number of nitrogens with two attached hydrogens (primary N) is 1. The average molecular weight is 260 g/mol. The van der Waals surface area contributed by atoms with E-state index < -0.39 is 0 Å². The molecule has 1 aromatic rings.